The Morgan fingerprint density at radius 2 is 1.93 bits per heavy atom. The van der Waals surface area contributed by atoms with E-state index in [1.807, 2.05) is 30.3 Å². The molecule has 1 N–H and O–H groups in total. The minimum absolute atomic E-state index is 0.0235. The van der Waals surface area contributed by atoms with Crippen LogP contribution in [0.2, 0.25) is 10.0 Å². The highest BCUT2D eigenvalue weighted by atomic mass is 35.5. The third-order valence-electron chi connectivity index (χ3n) is 4.54. The SMILES string of the molecule is O=C(N/N=C/c1ccc(-c2ccc(Cl)cc2Cl)o1)[C@H]1C[C@@H]1c1ccccc1. The van der Waals surface area contributed by atoms with Crippen LogP contribution in [0.1, 0.15) is 23.7 Å². The number of carbonyl (C=O) groups excluding carboxylic acids is 1. The average Bonchev–Trinajstić information content (AvgIpc) is 3.34. The zero-order valence-electron chi connectivity index (χ0n) is 14.2. The number of nitrogens with one attached hydrogen (secondary N) is 1. The summed E-state index contributed by atoms with van der Waals surface area (Å²) in [4.78, 5) is 12.2. The lowest BCUT2D eigenvalue weighted by atomic mass is 10.1. The van der Waals surface area contributed by atoms with Crippen LogP contribution >= 0.6 is 23.2 Å². The van der Waals surface area contributed by atoms with Crippen LogP contribution in [0.25, 0.3) is 11.3 Å². The van der Waals surface area contributed by atoms with Crippen molar-refractivity contribution >= 4 is 35.3 Å². The Bertz CT molecular complexity index is 998. The van der Waals surface area contributed by atoms with E-state index in [-0.39, 0.29) is 17.7 Å². The minimum atomic E-state index is -0.0763. The summed E-state index contributed by atoms with van der Waals surface area (Å²) in [5.74, 6) is 1.31. The third-order valence-corrected chi connectivity index (χ3v) is 5.09. The molecule has 2 atom stereocenters. The molecule has 1 amide bonds. The van der Waals surface area contributed by atoms with Crippen molar-refractivity contribution in [2.75, 3.05) is 0 Å². The van der Waals surface area contributed by atoms with Crippen molar-refractivity contribution in [1.29, 1.82) is 0 Å². The maximum Gasteiger partial charge on any atom is 0.243 e. The molecule has 4 rings (SSSR count). The number of hydrogen-bond acceptors (Lipinski definition) is 3. The average molecular weight is 399 g/mol. The van der Waals surface area contributed by atoms with Crippen LogP contribution in [0.15, 0.2) is 70.2 Å². The van der Waals surface area contributed by atoms with E-state index in [1.165, 1.54) is 11.8 Å². The van der Waals surface area contributed by atoms with Gasteiger partial charge in [0.15, 0.2) is 0 Å². The second kappa shape index (κ2) is 7.59. The summed E-state index contributed by atoms with van der Waals surface area (Å²) >= 11 is 12.1. The molecule has 1 fully saturated rings. The standard InChI is InChI=1S/C21H16Cl2N2O2/c22-14-6-8-16(19(23)10-14)20-9-7-15(27-20)12-24-25-21(26)18-11-17(18)13-4-2-1-3-5-13/h1-10,12,17-18H,11H2,(H,25,26)/b24-12+/t17-,18+/m1/s1. The lowest BCUT2D eigenvalue weighted by Crippen LogP contribution is -2.20. The highest BCUT2D eigenvalue weighted by molar-refractivity contribution is 6.36. The highest BCUT2D eigenvalue weighted by Crippen LogP contribution is 2.47. The Balaban J connectivity index is 1.36. The van der Waals surface area contributed by atoms with Gasteiger partial charge in [-0.1, -0.05) is 53.5 Å². The number of amides is 1. The predicted octanol–water partition coefficient (Wildman–Crippen LogP) is 5.51. The Hall–Kier alpha value is -2.56. The summed E-state index contributed by atoms with van der Waals surface area (Å²) in [6.45, 7) is 0. The number of rotatable bonds is 5. The zero-order valence-corrected chi connectivity index (χ0v) is 15.7. The van der Waals surface area contributed by atoms with Gasteiger partial charge in [-0.05, 0) is 48.2 Å². The summed E-state index contributed by atoms with van der Waals surface area (Å²) in [7, 11) is 0. The summed E-state index contributed by atoms with van der Waals surface area (Å²) in [6.07, 6.45) is 2.33. The second-order valence-corrected chi connectivity index (χ2v) is 7.26. The first-order chi connectivity index (χ1) is 13.1. The first-order valence-electron chi connectivity index (χ1n) is 8.55. The quantitative estimate of drug-likeness (QED) is 0.455. The maximum atomic E-state index is 12.2. The molecule has 1 aliphatic rings. The van der Waals surface area contributed by atoms with Crippen LogP contribution in [0.5, 0.6) is 0 Å². The van der Waals surface area contributed by atoms with Gasteiger partial charge < -0.3 is 4.42 Å². The van der Waals surface area contributed by atoms with Crippen molar-refractivity contribution in [3.05, 3.63) is 82.0 Å². The van der Waals surface area contributed by atoms with Crippen molar-refractivity contribution in [1.82, 2.24) is 5.43 Å². The smallest absolute Gasteiger partial charge is 0.243 e. The number of furan rings is 1. The Labute approximate surface area is 166 Å². The number of carbonyl (C=O) groups is 1. The fraction of sp³-hybridized carbons (Fsp3) is 0.143. The van der Waals surface area contributed by atoms with E-state index in [4.69, 9.17) is 27.6 Å². The lowest BCUT2D eigenvalue weighted by Gasteiger charge is -2.01. The Morgan fingerprint density at radius 1 is 1.11 bits per heavy atom. The second-order valence-electron chi connectivity index (χ2n) is 6.42. The number of benzene rings is 2. The van der Waals surface area contributed by atoms with Crippen LogP contribution in [0.3, 0.4) is 0 Å². The Kier molecular flexibility index (Phi) is 5.01. The van der Waals surface area contributed by atoms with Crippen molar-refractivity contribution in [3.63, 3.8) is 0 Å². The molecule has 1 aromatic heterocycles. The van der Waals surface area contributed by atoms with E-state index in [0.717, 1.165) is 12.0 Å². The van der Waals surface area contributed by atoms with Gasteiger partial charge >= 0.3 is 0 Å². The van der Waals surface area contributed by atoms with E-state index in [2.05, 4.69) is 10.5 Å². The van der Waals surface area contributed by atoms with Crippen LogP contribution in [-0.4, -0.2) is 12.1 Å². The molecule has 27 heavy (non-hydrogen) atoms. The van der Waals surface area contributed by atoms with E-state index in [9.17, 15) is 4.79 Å². The largest absolute Gasteiger partial charge is 0.455 e. The fourth-order valence-corrected chi connectivity index (χ4v) is 3.55. The van der Waals surface area contributed by atoms with Gasteiger partial charge in [-0.2, -0.15) is 5.10 Å². The zero-order chi connectivity index (χ0) is 18.8. The predicted molar refractivity (Wildman–Crippen MR) is 107 cm³/mol. The molecule has 0 unspecified atom stereocenters. The lowest BCUT2D eigenvalue weighted by molar-refractivity contribution is -0.122. The summed E-state index contributed by atoms with van der Waals surface area (Å²) in [5.41, 5.74) is 4.52. The molecule has 136 valence electrons. The highest BCUT2D eigenvalue weighted by Gasteiger charge is 2.43. The molecule has 6 heteroatoms. The number of halogens is 2. The molecule has 0 aliphatic heterocycles. The first-order valence-corrected chi connectivity index (χ1v) is 9.30. The number of nitrogens with zero attached hydrogens (tertiary/aromatic N) is 1. The van der Waals surface area contributed by atoms with Gasteiger partial charge in [-0.25, -0.2) is 5.43 Å². The van der Waals surface area contributed by atoms with E-state index < -0.39 is 0 Å². The van der Waals surface area contributed by atoms with Crippen molar-refractivity contribution in [2.45, 2.75) is 12.3 Å². The van der Waals surface area contributed by atoms with Gasteiger partial charge in [-0.3, -0.25) is 4.79 Å². The van der Waals surface area contributed by atoms with Crippen LogP contribution < -0.4 is 5.43 Å². The molecular weight excluding hydrogens is 383 g/mol. The molecule has 0 saturated heterocycles. The summed E-state index contributed by atoms with van der Waals surface area (Å²) in [6, 6.07) is 18.8. The van der Waals surface area contributed by atoms with Crippen molar-refractivity contribution < 1.29 is 9.21 Å². The molecule has 0 radical (unpaired) electrons. The number of hydrazone groups is 1. The van der Waals surface area contributed by atoms with Crippen LogP contribution in [0.4, 0.5) is 0 Å². The Morgan fingerprint density at radius 3 is 2.70 bits per heavy atom. The molecule has 3 aromatic rings. The van der Waals surface area contributed by atoms with Gasteiger partial charge in [0.2, 0.25) is 5.91 Å². The molecule has 0 bridgehead atoms. The van der Waals surface area contributed by atoms with Crippen molar-refractivity contribution in [2.24, 2.45) is 11.0 Å². The summed E-state index contributed by atoms with van der Waals surface area (Å²) < 4.78 is 5.71. The van der Waals surface area contributed by atoms with Gasteiger partial charge in [-0.15, -0.1) is 0 Å². The third kappa shape index (κ3) is 4.07. The normalized spacial score (nSPS) is 18.6. The van der Waals surface area contributed by atoms with E-state index >= 15 is 0 Å². The van der Waals surface area contributed by atoms with Crippen LogP contribution in [0, 0.1) is 5.92 Å². The molecule has 1 aliphatic carbocycles. The van der Waals surface area contributed by atoms with Crippen LogP contribution in [-0.2, 0) is 4.79 Å². The van der Waals surface area contributed by atoms with Gasteiger partial charge in [0.05, 0.1) is 11.2 Å². The minimum Gasteiger partial charge on any atom is -0.455 e. The molecule has 1 heterocycles. The molecular formula is C21H16Cl2N2O2. The molecule has 1 saturated carbocycles. The monoisotopic (exact) mass is 398 g/mol. The molecule has 4 nitrogen and oxygen atoms in total. The van der Waals surface area contributed by atoms with Gasteiger partial charge in [0.1, 0.15) is 11.5 Å². The molecule has 0 spiro atoms. The maximum absolute atomic E-state index is 12.2. The van der Waals surface area contributed by atoms with E-state index in [0.29, 0.717) is 21.6 Å². The fourth-order valence-electron chi connectivity index (χ4n) is 3.05. The van der Waals surface area contributed by atoms with Gasteiger partial charge in [0.25, 0.3) is 0 Å². The topological polar surface area (TPSA) is 54.6 Å². The molecule has 2 aromatic carbocycles. The number of hydrogen-bond donors (Lipinski definition) is 1. The van der Waals surface area contributed by atoms with Gasteiger partial charge in [0, 0.05) is 16.5 Å². The van der Waals surface area contributed by atoms with Crippen molar-refractivity contribution in [3.8, 4) is 11.3 Å². The summed E-state index contributed by atoms with van der Waals surface area (Å²) in [5, 5.41) is 5.07. The van der Waals surface area contributed by atoms with E-state index in [1.54, 1.807) is 30.3 Å². The first kappa shape index (κ1) is 17.8.